The van der Waals surface area contributed by atoms with Crippen molar-refractivity contribution >= 4 is 17.5 Å². The Labute approximate surface area is 126 Å². The highest BCUT2D eigenvalue weighted by Crippen LogP contribution is 2.34. The number of methoxy groups -OCH3 is 2. The maximum absolute atomic E-state index is 11.2. The van der Waals surface area contributed by atoms with Crippen LogP contribution in [0.15, 0.2) is 18.2 Å². The zero-order valence-electron chi connectivity index (χ0n) is 12.1. The number of nitrogens with zero attached hydrogens (tertiary/aromatic N) is 3. The Kier molecular flexibility index (Phi) is 4.25. The van der Waals surface area contributed by atoms with Gasteiger partial charge < -0.3 is 20.9 Å². The van der Waals surface area contributed by atoms with Gasteiger partial charge in [-0.3, -0.25) is 10.1 Å². The summed E-state index contributed by atoms with van der Waals surface area (Å²) < 4.78 is 10.5. The van der Waals surface area contributed by atoms with E-state index in [1.54, 1.807) is 18.2 Å². The molecule has 2 aromatic rings. The number of nitrogen functional groups attached to an aromatic ring is 2. The second kappa shape index (κ2) is 6.12. The van der Waals surface area contributed by atoms with Crippen LogP contribution in [0.2, 0.25) is 0 Å². The van der Waals surface area contributed by atoms with Crippen LogP contribution >= 0.6 is 0 Å². The summed E-state index contributed by atoms with van der Waals surface area (Å²) in [6.45, 7) is 0. The Morgan fingerprint density at radius 1 is 1.23 bits per heavy atom. The summed E-state index contributed by atoms with van der Waals surface area (Å²) in [5, 5.41) is 11.2. The minimum absolute atomic E-state index is 0.105. The predicted molar refractivity (Wildman–Crippen MR) is 79.9 cm³/mol. The number of aromatic nitrogens is 2. The van der Waals surface area contributed by atoms with Gasteiger partial charge in [0.25, 0.3) is 0 Å². The van der Waals surface area contributed by atoms with Gasteiger partial charge in [-0.2, -0.15) is 4.98 Å². The average Bonchev–Trinajstić information content (AvgIpc) is 2.45. The molecule has 2 rings (SSSR count). The Bertz CT molecular complexity index is 720. The van der Waals surface area contributed by atoms with Crippen molar-refractivity contribution in [2.75, 3.05) is 25.7 Å². The van der Waals surface area contributed by atoms with Gasteiger partial charge in [0.1, 0.15) is 5.69 Å². The molecule has 0 aliphatic carbocycles. The Balaban J connectivity index is 2.54. The predicted octanol–water partition coefficient (Wildman–Crippen LogP) is 1.16. The van der Waals surface area contributed by atoms with E-state index in [-0.39, 0.29) is 29.6 Å². The number of ether oxygens (including phenoxy) is 2. The normalized spacial score (nSPS) is 10.3. The molecule has 0 fully saturated rings. The zero-order chi connectivity index (χ0) is 16.3. The van der Waals surface area contributed by atoms with Gasteiger partial charge in [0.2, 0.25) is 11.8 Å². The fraction of sp³-hybridized carbons (Fsp3) is 0.231. The van der Waals surface area contributed by atoms with Crippen LogP contribution in [-0.2, 0) is 6.42 Å². The quantitative estimate of drug-likeness (QED) is 0.619. The number of para-hydroxylation sites is 1. The third-order valence-corrected chi connectivity index (χ3v) is 3.03. The van der Waals surface area contributed by atoms with E-state index < -0.39 is 4.92 Å². The van der Waals surface area contributed by atoms with E-state index in [2.05, 4.69) is 9.97 Å². The van der Waals surface area contributed by atoms with Crippen LogP contribution in [0.4, 0.5) is 17.5 Å². The van der Waals surface area contributed by atoms with Crippen molar-refractivity contribution in [3.05, 3.63) is 39.6 Å². The monoisotopic (exact) mass is 305 g/mol. The Hall–Kier alpha value is -3.10. The van der Waals surface area contributed by atoms with Crippen LogP contribution in [0.3, 0.4) is 0 Å². The van der Waals surface area contributed by atoms with Crippen molar-refractivity contribution in [2.45, 2.75) is 6.42 Å². The molecule has 0 amide bonds. The van der Waals surface area contributed by atoms with E-state index >= 15 is 0 Å². The molecule has 9 nitrogen and oxygen atoms in total. The first-order valence-corrected chi connectivity index (χ1v) is 6.24. The molecule has 0 aliphatic rings. The lowest BCUT2D eigenvalue weighted by Crippen LogP contribution is -2.09. The molecule has 0 spiro atoms. The maximum Gasteiger partial charge on any atom is 0.332 e. The summed E-state index contributed by atoms with van der Waals surface area (Å²) in [4.78, 5) is 18.1. The van der Waals surface area contributed by atoms with Crippen LogP contribution in [0.5, 0.6) is 11.5 Å². The first-order valence-electron chi connectivity index (χ1n) is 6.24. The number of nitro groups is 1. The highest BCUT2D eigenvalue weighted by atomic mass is 16.6. The van der Waals surface area contributed by atoms with E-state index in [9.17, 15) is 10.1 Å². The number of rotatable bonds is 5. The molecule has 0 radical (unpaired) electrons. The first-order chi connectivity index (χ1) is 10.5. The van der Waals surface area contributed by atoms with Crippen molar-refractivity contribution in [1.82, 2.24) is 9.97 Å². The van der Waals surface area contributed by atoms with Gasteiger partial charge in [-0.15, -0.1) is 0 Å². The highest BCUT2D eigenvalue weighted by molar-refractivity contribution is 5.59. The van der Waals surface area contributed by atoms with E-state index in [1.165, 1.54) is 14.2 Å². The third-order valence-electron chi connectivity index (χ3n) is 3.03. The van der Waals surface area contributed by atoms with E-state index in [0.717, 1.165) is 0 Å². The van der Waals surface area contributed by atoms with Crippen molar-refractivity contribution in [2.24, 2.45) is 0 Å². The van der Waals surface area contributed by atoms with Crippen molar-refractivity contribution in [3.8, 4) is 11.5 Å². The average molecular weight is 305 g/mol. The molecule has 0 aliphatic heterocycles. The lowest BCUT2D eigenvalue weighted by molar-refractivity contribution is -0.385. The molecular formula is C13H15N5O4. The van der Waals surface area contributed by atoms with Crippen molar-refractivity contribution in [1.29, 1.82) is 0 Å². The molecule has 116 valence electrons. The van der Waals surface area contributed by atoms with Crippen LogP contribution in [0.1, 0.15) is 11.3 Å². The molecule has 0 saturated carbocycles. The van der Waals surface area contributed by atoms with Gasteiger partial charge in [-0.25, -0.2) is 4.98 Å². The molecule has 1 aromatic heterocycles. The molecule has 0 saturated heterocycles. The molecule has 0 bridgehead atoms. The summed E-state index contributed by atoms with van der Waals surface area (Å²) in [5.74, 6) is 0.585. The van der Waals surface area contributed by atoms with Crippen LogP contribution in [0, 0.1) is 10.1 Å². The Morgan fingerprint density at radius 3 is 2.55 bits per heavy atom. The van der Waals surface area contributed by atoms with Gasteiger partial charge in [-0.1, -0.05) is 12.1 Å². The highest BCUT2D eigenvalue weighted by Gasteiger charge is 2.24. The van der Waals surface area contributed by atoms with Crippen LogP contribution in [0.25, 0.3) is 0 Å². The largest absolute Gasteiger partial charge is 0.493 e. The Morgan fingerprint density at radius 2 is 1.95 bits per heavy atom. The fourth-order valence-corrected chi connectivity index (χ4v) is 2.14. The summed E-state index contributed by atoms with van der Waals surface area (Å²) in [6, 6.07) is 5.22. The molecule has 1 aromatic carbocycles. The SMILES string of the molecule is COc1cccc(Cc2nc(N)nc(N)c2[N+](=O)[O-])c1OC. The van der Waals surface area contributed by atoms with E-state index in [0.29, 0.717) is 17.1 Å². The molecule has 4 N–H and O–H groups in total. The second-order valence-corrected chi connectivity index (χ2v) is 4.35. The number of hydrogen-bond donors (Lipinski definition) is 2. The summed E-state index contributed by atoms with van der Waals surface area (Å²) in [6.07, 6.45) is 0.105. The van der Waals surface area contributed by atoms with Crippen LogP contribution in [-0.4, -0.2) is 29.1 Å². The number of anilines is 2. The zero-order valence-corrected chi connectivity index (χ0v) is 12.1. The van der Waals surface area contributed by atoms with Gasteiger partial charge in [0.15, 0.2) is 11.5 Å². The van der Waals surface area contributed by atoms with Gasteiger partial charge in [-0.05, 0) is 6.07 Å². The first kappa shape index (κ1) is 15.3. The lowest BCUT2D eigenvalue weighted by Gasteiger charge is -2.12. The minimum Gasteiger partial charge on any atom is -0.493 e. The van der Waals surface area contributed by atoms with Crippen molar-refractivity contribution in [3.63, 3.8) is 0 Å². The third kappa shape index (κ3) is 2.82. The number of nitrogens with two attached hydrogens (primary N) is 2. The smallest absolute Gasteiger partial charge is 0.332 e. The fourth-order valence-electron chi connectivity index (χ4n) is 2.14. The number of hydrogen-bond acceptors (Lipinski definition) is 8. The molecule has 1 heterocycles. The van der Waals surface area contributed by atoms with Gasteiger partial charge >= 0.3 is 5.69 Å². The van der Waals surface area contributed by atoms with Crippen LogP contribution < -0.4 is 20.9 Å². The topological polar surface area (TPSA) is 139 Å². The van der Waals surface area contributed by atoms with Crippen molar-refractivity contribution < 1.29 is 14.4 Å². The second-order valence-electron chi connectivity index (χ2n) is 4.35. The summed E-state index contributed by atoms with van der Waals surface area (Å²) in [7, 11) is 2.99. The molecule has 0 unspecified atom stereocenters. The molecule has 9 heteroatoms. The molecular weight excluding hydrogens is 290 g/mol. The van der Waals surface area contributed by atoms with E-state index in [1.807, 2.05) is 0 Å². The van der Waals surface area contributed by atoms with Gasteiger partial charge in [0, 0.05) is 12.0 Å². The maximum atomic E-state index is 11.2. The minimum atomic E-state index is -0.628. The number of benzene rings is 1. The molecule has 22 heavy (non-hydrogen) atoms. The summed E-state index contributed by atoms with van der Waals surface area (Å²) in [5.41, 5.74) is 11.5. The summed E-state index contributed by atoms with van der Waals surface area (Å²) >= 11 is 0. The standard InChI is InChI=1S/C13H15N5O4/c1-21-9-5-3-4-7(11(9)22-2)6-8-10(18(19)20)12(14)17-13(15)16-8/h3-5H,6H2,1-2H3,(H4,14,15,16,17). The lowest BCUT2D eigenvalue weighted by atomic mass is 10.1. The van der Waals surface area contributed by atoms with Gasteiger partial charge in [0.05, 0.1) is 19.1 Å². The van der Waals surface area contributed by atoms with E-state index in [4.69, 9.17) is 20.9 Å². The molecule has 0 atom stereocenters.